The standard InChI is InChI=1S/C22H27FO4S/c1-3-26-18-7-4-15(5-8-18)10-17-11-16(6-9-22(17)28-23)21-13-19(25-2)12-20(14-24)27-21/h4-9,11,19-21,24H,3,10,12-14H2,1-2H3/t19-,20-,21+/m0/s1. The molecule has 4 nitrogen and oxygen atoms in total. The summed E-state index contributed by atoms with van der Waals surface area (Å²) in [6.45, 7) is 2.55. The largest absolute Gasteiger partial charge is 0.494 e. The van der Waals surface area contributed by atoms with Crippen molar-refractivity contribution in [3.05, 3.63) is 59.2 Å². The summed E-state index contributed by atoms with van der Waals surface area (Å²) in [5, 5.41) is 9.52. The third-order valence-corrected chi connectivity index (χ3v) is 5.63. The molecule has 1 N–H and O–H groups in total. The first-order valence-electron chi connectivity index (χ1n) is 9.59. The average Bonchev–Trinajstić information content (AvgIpc) is 2.74. The van der Waals surface area contributed by atoms with Crippen LogP contribution in [0, 0.1) is 0 Å². The quantitative estimate of drug-likeness (QED) is 0.677. The van der Waals surface area contributed by atoms with Gasteiger partial charge in [-0.05, 0) is 48.2 Å². The Morgan fingerprint density at radius 2 is 1.96 bits per heavy atom. The third-order valence-electron chi connectivity index (χ3n) is 5.06. The summed E-state index contributed by atoms with van der Waals surface area (Å²) < 4.78 is 30.5. The molecule has 0 spiro atoms. The SMILES string of the molecule is CCOc1ccc(Cc2cc([C@H]3C[C@@H](OC)C[C@@H](CO)O3)ccc2SF)cc1. The van der Waals surface area contributed by atoms with Gasteiger partial charge in [-0.15, -0.1) is 0 Å². The number of aliphatic hydroxyl groups is 1. The minimum atomic E-state index is -0.242. The molecule has 0 bridgehead atoms. The predicted octanol–water partition coefficient (Wildman–Crippen LogP) is 4.88. The molecule has 28 heavy (non-hydrogen) atoms. The second-order valence-corrected chi connectivity index (χ2v) is 7.55. The van der Waals surface area contributed by atoms with Crippen LogP contribution in [-0.4, -0.2) is 37.6 Å². The first-order valence-corrected chi connectivity index (χ1v) is 10.3. The topological polar surface area (TPSA) is 47.9 Å². The zero-order chi connectivity index (χ0) is 19.9. The lowest BCUT2D eigenvalue weighted by Crippen LogP contribution is -2.34. The van der Waals surface area contributed by atoms with Crippen molar-refractivity contribution in [2.45, 2.75) is 49.4 Å². The molecule has 0 saturated carbocycles. The summed E-state index contributed by atoms with van der Waals surface area (Å²) in [6, 6.07) is 13.6. The number of benzene rings is 2. The summed E-state index contributed by atoms with van der Waals surface area (Å²) in [6.07, 6.45) is 1.65. The van der Waals surface area contributed by atoms with Crippen molar-refractivity contribution < 1.29 is 23.2 Å². The second-order valence-electron chi connectivity index (χ2n) is 6.96. The molecule has 1 saturated heterocycles. The first-order chi connectivity index (χ1) is 13.7. The van der Waals surface area contributed by atoms with E-state index in [1.54, 1.807) is 13.2 Å². The van der Waals surface area contributed by atoms with Gasteiger partial charge in [-0.3, -0.25) is 0 Å². The number of halogens is 1. The van der Waals surface area contributed by atoms with Gasteiger partial charge < -0.3 is 19.3 Å². The maximum atomic E-state index is 13.5. The Hall–Kier alpha value is -1.60. The molecule has 152 valence electrons. The fourth-order valence-electron chi connectivity index (χ4n) is 3.60. The van der Waals surface area contributed by atoms with Crippen LogP contribution in [0.4, 0.5) is 3.89 Å². The van der Waals surface area contributed by atoms with E-state index in [0.717, 1.165) is 28.9 Å². The van der Waals surface area contributed by atoms with Crippen LogP contribution in [0.3, 0.4) is 0 Å². The van der Waals surface area contributed by atoms with Crippen molar-refractivity contribution in [1.82, 2.24) is 0 Å². The fourth-order valence-corrected chi connectivity index (χ4v) is 3.95. The van der Waals surface area contributed by atoms with E-state index in [9.17, 15) is 8.99 Å². The Labute approximate surface area is 170 Å². The molecular weight excluding hydrogens is 379 g/mol. The van der Waals surface area contributed by atoms with Gasteiger partial charge in [0.2, 0.25) is 0 Å². The molecule has 1 fully saturated rings. The fraction of sp³-hybridized carbons (Fsp3) is 0.455. The van der Waals surface area contributed by atoms with E-state index >= 15 is 0 Å². The highest BCUT2D eigenvalue weighted by Crippen LogP contribution is 2.35. The summed E-state index contributed by atoms with van der Waals surface area (Å²) in [5.41, 5.74) is 2.99. The van der Waals surface area contributed by atoms with Crippen molar-refractivity contribution in [3.8, 4) is 5.75 Å². The highest BCUT2D eigenvalue weighted by Gasteiger charge is 2.30. The average molecular weight is 407 g/mol. The van der Waals surface area contributed by atoms with Crippen LogP contribution in [0.15, 0.2) is 47.4 Å². The van der Waals surface area contributed by atoms with E-state index < -0.39 is 0 Å². The van der Waals surface area contributed by atoms with Gasteiger partial charge >= 0.3 is 0 Å². The maximum absolute atomic E-state index is 13.5. The van der Waals surface area contributed by atoms with Crippen molar-refractivity contribution in [3.63, 3.8) is 0 Å². The molecule has 0 aliphatic carbocycles. The number of methoxy groups -OCH3 is 1. The van der Waals surface area contributed by atoms with E-state index in [1.165, 1.54) is 0 Å². The van der Waals surface area contributed by atoms with E-state index in [2.05, 4.69) is 0 Å². The molecule has 2 aromatic carbocycles. The first kappa shape index (κ1) is 21.1. The van der Waals surface area contributed by atoms with Crippen molar-refractivity contribution in [1.29, 1.82) is 0 Å². The number of ether oxygens (including phenoxy) is 3. The van der Waals surface area contributed by atoms with Crippen LogP contribution in [0.1, 0.15) is 42.6 Å². The number of hydrogen-bond acceptors (Lipinski definition) is 5. The summed E-state index contributed by atoms with van der Waals surface area (Å²) >= 11 is 0.261. The lowest BCUT2D eigenvalue weighted by Gasteiger charge is -2.34. The Morgan fingerprint density at radius 1 is 1.18 bits per heavy atom. The smallest absolute Gasteiger partial charge is 0.119 e. The number of rotatable bonds is 8. The molecule has 1 heterocycles. The molecule has 6 heteroatoms. The normalized spacial score (nSPS) is 22.2. The molecule has 0 radical (unpaired) electrons. The molecule has 1 aliphatic rings. The van der Waals surface area contributed by atoms with Gasteiger partial charge in [0.1, 0.15) is 5.75 Å². The number of aliphatic hydroxyl groups excluding tert-OH is 1. The monoisotopic (exact) mass is 406 g/mol. The molecular formula is C22H27FO4S. The van der Waals surface area contributed by atoms with Crippen LogP contribution in [0.25, 0.3) is 0 Å². The molecule has 1 aliphatic heterocycles. The number of hydrogen-bond donors (Lipinski definition) is 1. The van der Waals surface area contributed by atoms with Gasteiger partial charge in [-0.2, -0.15) is 3.89 Å². The minimum absolute atomic E-state index is 0.0339. The molecule has 0 amide bonds. The van der Waals surface area contributed by atoms with Gasteiger partial charge in [0.05, 0.1) is 43.7 Å². The van der Waals surface area contributed by atoms with E-state index in [0.29, 0.717) is 24.3 Å². The highest BCUT2D eigenvalue weighted by atomic mass is 32.2. The Morgan fingerprint density at radius 3 is 2.61 bits per heavy atom. The van der Waals surface area contributed by atoms with Gasteiger partial charge in [0, 0.05) is 24.8 Å². The minimum Gasteiger partial charge on any atom is -0.494 e. The summed E-state index contributed by atoms with van der Waals surface area (Å²) in [5.74, 6) is 0.830. The molecule has 2 aromatic rings. The van der Waals surface area contributed by atoms with Gasteiger partial charge in [0.15, 0.2) is 0 Å². The van der Waals surface area contributed by atoms with Gasteiger partial charge in [-0.1, -0.05) is 24.3 Å². The second kappa shape index (κ2) is 10.3. The Balaban J connectivity index is 1.81. The zero-order valence-electron chi connectivity index (χ0n) is 16.3. The molecule has 3 atom stereocenters. The van der Waals surface area contributed by atoms with Crippen LogP contribution >= 0.6 is 12.1 Å². The van der Waals surface area contributed by atoms with Crippen molar-refractivity contribution in [2.75, 3.05) is 20.3 Å². The third kappa shape index (κ3) is 5.26. The summed E-state index contributed by atoms with van der Waals surface area (Å²) in [7, 11) is 1.68. The highest BCUT2D eigenvalue weighted by molar-refractivity contribution is 7.94. The van der Waals surface area contributed by atoms with Crippen LogP contribution < -0.4 is 4.74 Å². The van der Waals surface area contributed by atoms with Gasteiger partial charge in [0.25, 0.3) is 0 Å². The van der Waals surface area contributed by atoms with E-state index in [-0.39, 0.29) is 37.1 Å². The zero-order valence-corrected chi connectivity index (χ0v) is 17.1. The summed E-state index contributed by atoms with van der Waals surface area (Å²) in [4.78, 5) is 0.607. The molecule has 3 rings (SSSR count). The Bertz CT molecular complexity index is 741. The lowest BCUT2D eigenvalue weighted by atomic mass is 9.94. The molecule has 0 aromatic heterocycles. The van der Waals surface area contributed by atoms with Crippen molar-refractivity contribution >= 4 is 12.1 Å². The van der Waals surface area contributed by atoms with E-state index in [4.69, 9.17) is 14.2 Å². The molecule has 0 unspecified atom stereocenters. The van der Waals surface area contributed by atoms with Crippen LogP contribution in [-0.2, 0) is 15.9 Å². The van der Waals surface area contributed by atoms with Crippen molar-refractivity contribution in [2.24, 2.45) is 0 Å². The van der Waals surface area contributed by atoms with Crippen LogP contribution in [0.5, 0.6) is 5.75 Å². The van der Waals surface area contributed by atoms with Crippen LogP contribution in [0.2, 0.25) is 0 Å². The predicted molar refractivity (Wildman–Crippen MR) is 109 cm³/mol. The van der Waals surface area contributed by atoms with E-state index in [1.807, 2.05) is 43.3 Å². The lowest BCUT2D eigenvalue weighted by molar-refractivity contribution is -0.122. The van der Waals surface area contributed by atoms with Gasteiger partial charge in [-0.25, -0.2) is 0 Å². The maximum Gasteiger partial charge on any atom is 0.119 e. The Kier molecular flexibility index (Phi) is 7.73.